The van der Waals surface area contributed by atoms with Crippen LogP contribution in [0.4, 0.5) is 27.5 Å². The zero-order valence-corrected chi connectivity index (χ0v) is 38.2. The molecule has 2 aliphatic heterocycles. The molecule has 0 bridgehead atoms. The SMILES string of the molecule is CC(C)(C)c1cc(N)c(C(=O)N2CCNC(=O)CC2)[nH]1.CC(C)(C)c1cc(NC(=O)Nc2cccc(Cl)c2Cl)c(C(=O)N2CCNC(=O)CC2)[nH]1.O=C=Nc1cccc(Cl)c1Cl. The third kappa shape index (κ3) is 13.5. The van der Waals surface area contributed by atoms with E-state index in [9.17, 15) is 28.8 Å². The second-order valence-electron chi connectivity index (χ2n) is 16.2. The van der Waals surface area contributed by atoms with Crippen LogP contribution in [-0.4, -0.2) is 94.8 Å². The molecule has 0 saturated carbocycles. The van der Waals surface area contributed by atoms with Crippen LogP contribution in [0.1, 0.15) is 86.7 Å². The number of amides is 6. The number of nitrogens with zero attached hydrogens (tertiary/aromatic N) is 3. The van der Waals surface area contributed by atoms with Crippen molar-refractivity contribution in [2.24, 2.45) is 4.99 Å². The lowest BCUT2D eigenvalue weighted by Crippen LogP contribution is -2.35. The Morgan fingerprint density at radius 1 is 0.694 bits per heavy atom. The maximum atomic E-state index is 13.2. The maximum absolute atomic E-state index is 13.2. The number of rotatable bonds is 5. The molecule has 4 heterocycles. The first-order chi connectivity index (χ1) is 29.1. The Morgan fingerprint density at radius 3 is 1.71 bits per heavy atom. The van der Waals surface area contributed by atoms with Crippen LogP contribution >= 0.6 is 46.4 Å². The van der Waals surface area contributed by atoms with Crippen LogP contribution in [0.2, 0.25) is 20.1 Å². The first-order valence-electron chi connectivity index (χ1n) is 19.5. The highest BCUT2D eigenvalue weighted by atomic mass is 35.5. The number of carbonyl (C=O) groups is 5. The van der Waals surface area contributed by atoms with Gasteiger partial charge in [-0.3, -0.25) is 19.2 Å². The van der Waals surface area contributed by atoms with Gasteiger partial charge < -0.3 is 46.8 Å². The molecule has 8 N–H and O–H groups in total. The summed E-state index contributed by atoms with van der Waals surface area (Å²) in [4.78, 5) is 84.0. The lowest BCUT2D eigenvalue weighted by atomic mass is 9.92. The summed E-state index contributed by atoms with van der Waals surface area (Å²) in [6.07, 6.45) is 1.95. The summed E-state index contributed by atoms with van der Waals surface area (Å²) in [5, 5.41) is 12.1. The number of urea groups is 1. The molecule has 2 aromatic carbocycles. The van der Waals surface area contributed by atoms with Crippen LogP contribution in [0, 0.1) is 0 Å². The van der Waals surface area contributed by atoms with E-state index in [2.05, 4.69) is 57.0 Å². The summed E-state index contributed by atoms with van der Waals surface area (Å²) in [7, 11) is 0. The molecule has 0 unspecified atom stereocenters. The first kappa shape index (κ1) is 49.1. The standard InChI is InChI=1S/C21H25Cl2N5O3.C14H22N4O2.C7H3Cl2NO/c1-21(2,3)15-11-14(26-20(31)25-13-6-4-5-12(22)17(13)23)18(27-15)19(30)28-9-7-16(29)24-8-10-28;1-14(2,3)10-8-9(15)12(17-10)13(20)18-6-4-11(19)16-5-7-18;8-5-2-1-3-6(7(5)9)10-4-11/h4-6,11,27H,7-10H2,1-3H3,(H,24,29)(H2,25,26,31);8,17H,4-7,15H2,1-3H3,(H,16,19);1-3H. The summed E-state index contributed by atoms with van der Waals surface area (Å²) < 4.78 is 0. The summed E-state index contributed by atoms with van der Waals surface area (Å²) >= 11 is 23.4. The molecule has 6 rings (SSSR count). The Hall–Kier alpha value is -5.51. The fraction of sp³-hybridized carbons (Fsp3) is 0.381. The number of carbonyl (C=O) groups excluding carboxylic acids is 6. The molecule has 4 aromatic rings. The van der Waals surface area contributed by atoms with Crippen molar-refractivity contribution in [3.8, 4) is 0 Å². The molecular weight excluding hydrogens is 882 g/mol. The highest BCUT2D eigenvalue weighted by Crippen LogP contribution is 2.33. The summed E-state index contributed by atoms with van der Waals surface area (Å²) in [6.45, 7) is 14.7. The number of anilines is 3. The summed E-state index contributed by atoms with van der Waals surface area (Å²) in [6, 6.07) is 12.8. The van der Waals surface area contributed by atoms with Gasteiger partial charge in [-0.05, 0) is 36.4 Å². The lowest BCUT2D eigenvalue weighted by molar-refractivity contribution is -0.121. The zero-order chi connectivity index (χ0) is 45.9. The monoisotopic (exact) mass is 930 g/mol. The molecule has 2 fully saturated rings. The van der Waals surface area contributed by atoms with E-state index in [1.54, 1.807) is 52.3 Å². The number of isocyanates is 1. The van der Waals surface area contributed by atoms with Gasteiger partial charge in [-0.1, -0.05) is 100 Å². The van der Waals surface area contributed by atoms with Crippen LogP contribution in [0.15, 0.2) is 53.5 Å². The number of aromatic amines is 2. The van der Waals surface area contributed by atoms with E-state index in [4.69, 9.17) is 52.1 Å². The van der Waals surface area contributed by atoms with E-state index in [1.807, 2.05) is 26.8 Å². The predicted molar refractivity (Wildman–Crippen MR) is 244 cm³/mol. The Labute approximate surface area is 379 Å². The molecule has 20 heteroatoms. The molecule has 0 aliphatic carbocycles. The average molecular weight is 933 g/mol. The number of nitrogens with two attached hydrogens (primary N) is 1. The van der Waals surface area contributed by atoms with Gasteiger partial charge in [-0.15, -0.1) is 0 Å². The van der Waals surface area contributed by atoms with Crippen molar-refractivity contribution in [3.63, 3.8) is 0 Å². The van der Waals surface area contributed by atoms with E-state index in [-0.39, 0.29) is 56.6 Å². The number of nitrogen functional groups attached to an aromatic ring is 1. The molecule has 332 valence electrons. The van der Waals surface area contributed by atoms with Crippen molar-refractivity contribution >= 4 is 105 Å². The van der Waals surface area contributed by atoms with Crippen LogP contribution in [0.5, 0.6) is 0 Å². The zero-order valence-electron chi connectivity index (χ0n) is 35.2. The van der Waals surface area contributed by atoms with Crippen molar-refractivity contribution in [2.45, 2.75) is 65.2 Å². The van der Waals surface area contributed by atoms with Gasteiger partial charge in [-0.25, -0.2) is 9.59 Å². The Balaban J connectivity index is 0.000000231. The smallest absolute Gasteiger partial charge is 0.323 e. The second kappa shape index (κ2) is 21.5. The number of nitrogens with one attached hydrogen (secondary N) is 6. The number of aliphatic imine (C=N–C) groups is 1. The highest BCUT2D eigenvalue weighted by Gasteiger charge is 2.29. The van der Waals surface area contributed by atoms with E-state index < -0.39 is 6.03 Å². The molecule has 6 amide bonds. The van der Waals surface area contributed by atoms with Crippen molar-refractivity contribution in [1.82, 2.24) is 30.4 Å². The minimum atomic E-state index is -0.564. The second-order valence-corrected chi connectivity index (χ2v) is 17.8. The molecule has 2 aromatic heterocycles. The number of halogens is 4. The minimum absolute atomic E-state index is 0.0184. The van der Waals surface area contributed by atoms with Crippen LogP contribution in [0.3, 0.4) is 0 Å². The summed E-state index contributed by atoms with van der Waals surface area (Å²) in [5.74, 6) is -0.541. The van der Waals surface area contributed by atoms with E-state index in [0.717, 1.165) is 11.4 Å². The van der Waals surface area contributed by atoms with Gasteiger partial charge in [0.05, 0.1) is 42.8 Å². The molecular formula is C42H50Cl4N10O6. The Morgan fingerprint density at radius 2 is 1.18 bits per heavy atom. The molecule has 62 heavy (non-hydrogen) atoms. The number of hydrogen-bond donors (Lipinski definition) is 7. The van der Waals surface area contributed by atoms with E-state index in [0.29, 0.717) is 84.2 Å². The predicted octanol–water partition coefficient (Wildman–Crippen LogP) is 8.04. The fourth-order valence-electron chi connectivity index (χ4n) is 5.94. The van der Waals surface area contributed by atoms with E-state index in [1.165, 1.54) is 6.08 Å². The Kier molecular flexibility index (Phi) is 17.1. The van der Waals surface area contributed by atoms with Crippen molar-refractivity contribution in [2.75, 3.05) is 55.6 Å². The maximum Gasteiger partial charge on any atom is 0.323 e. The number of aromatic nitrogens is 2. The topological polar surface area (TPSA) is 227 Å². The highest BCUT2D eigenvalue weighted by molar-refractivity contribution is 6.44. The average Bonchev–Trinajstić information content (AvgIpc) is 3.66. The van der Waals surface area contributed by atoms with Crippen LogP contribution < -0.4 is 27.0 Å². The van der Waals surface area contributed by atoms with Crippen LogP contribution in [0.25, 0.3) is 0 Å². The molecule has 16 nitrogen and oxygen atoms in total. The van der Waals surface area contributed by atoms with Gasteiger partial charge in [0.15, 0.2) is 0 Å². The van der Waals surface area contributed by atoms with Crippen molar-refractivity contribution in [3.05, 3.63) is 91.4 Å². The van der Waals surface area contributed by atoms with Gasteiger partial charge in [-0.2, -0.15) is 4.99 Å². The third-order valence-corrected chi connectivity index (χ3v) is 11.1. The Bertz CT molecular complexity index is 2340. The minimum Gasteiger partial charge on any atom is -0.397 e. The lowest BCUT2D eigenvalue weighted by Gasteiger charge is -2.20. The quantitative estimate of drug-likeness (QED) is 0.0769. The summed E-state index contributed by atoms with van der Waals surface area (Å²) in [5.41, 5.74) is 9.47. The van der Waals surface area contributed by atoms with Gasteiger partial charge in [0, 0.05) is 74.3 Å². The van der Waals surface area contributed by atoms with Gasteiger partial charge in [0.2, 0.25) is 17.9 Å². The normalized spacial score (nSPS) is 14.3. The molecule has 0 spiro atoms. The first-order valence-corrected chi connectivity index (χ1v) is 21.0. The largest absolute Gasteiger partial charge is 0.397 e. The van der Waals surface area contributed by atoms with Gasteiger partial charge in [0.1, 0.15) is 11.4 Å². The van der Waals surface area contributed by atoms with Gasteiger partial charge in [0.25, 0.3) is 11.8 Å². The number of H-pyrrole nitrogens is 2. The molecule has 2 saturated heterocycles. The third-order valence-electron chi connectivity index (χ3n) is 9.45. The fourth-order valence-corrected chi connectivity index (χ4v) is 6.62. The molecule has 2 aliphatic rings. The van der Waals surface area contributed by atoms with Crippen molar-refractivity contribution < 1.29 is 28.8 Å². The number of benzene rings is 2. The van der Waals surface area contributed by atoms with Crippen molar-refractivity contribution in [1.29, 1.82) is 0 Å². The van der Waals surface area contributed by atoms with E-state index >= 15 is 0 Å². The molecule has 0 atom stereocenters. The molecule has 0 radical (unpaired) electrons. The van der Waals surface area contributed by atoms with Crippen LogP contribution in [-0.2, 0) is 25.2 Å². The number of hydrogen-bond acceptors (Lipinski definition) is 8. The van der Waals surface area contributed by atoms with Gasteiger partial charge >= 0.3 is 6.03 Å².